The third kappa shape index (κ3) is 8.68. The van der Waals surface area contributed by atoms with Crippen LogP contribution in [0.1, 0.15) is 77.6 Å². The van der Waals surface area contributed by atoms with E-state index >= 15 is 0 Å². The molecular formula is C66H59N5O. The molecule has 0 unspecified atom stereocenters. The maximum atomic E-state index is 6.91. The quantitative estimate of drug-likeness (QED) is 0.101. The maximum Gasteiger partial charge on any atom is 0.273 e. The average molecular weight is 938 g/mol. The van der Waals surface area contributed by atoms with Gasteiger partial charge in [0.05, 0.1) is 22.4 Å². The van der Waals surface area contributed by atoms with E-state index in [0.29, 0.717) is 11.5 Å². The molecule has 8 aromatic carbocycles. The molecule has 0 saturated carbocycles. The van der Waals surface area contributed by atoms with Gasteiger partial charge in [0.1, 0.15) is 17.3 Å². The van der Waals surface area contributed by atoms with Crippen LogP contribution in [0, 0.1) is 6.33 Å². The lowest BCUT2D eigenvalue weighted by Crippen LogP contribution is -2.34. The lowest BCUT2D eigenvalue weighted by Gasteiger charge is -2.26. The summed E-state index contributed by atoms with van der Waals surface area (Å²) >= 11 is 0. The van der Waals surface area contributed by atoms with Gasteiger partial charge in [-0.05, 0) is 97.8 Å². The van der Waals surface area contributed by atoms with E-state index < -0.39 is 0 Å². The minimum absolute atomic E-state index is 0.0920. The molecule has 6 heteroatoms. The molecule has 0 spiro atoms. The van der Waals surface area contributed by atoms with Crippen molar-refractivity contribution in [2.45, 2.75) is 71.6 Å². The summed E-state index contributed by atoms with van der Waals surface area (Å²) in [5.74, 6) is 3.00. The number of benzene rings is 8. The number of hydrogen-bond acceptors (Lipinski definition) is 3. The van der Waals surface area contributed by atoms with Crippen molar-refractivity contribution in [3.05, 3.63) is 241 Å². The van der Waals surface area contributed by atoms with Gasteiger partial charge in [-0.2, -0.15) is 4.68 Å². The van der Waals surface area contributed by atoms with Crippen molar-refractivity contribution < 1.29 is 9.42 Å². The summed E-state index contributed by atoms with van der Waals surface area (Å²) in [5.41, 5.74) is 13.7. The fraction of sp³-hybridized carbons (Fsp3) is 0.167. The normalized spacial score (nSPS) is 12.2. The predicted octanol–water partition coefficient (Wildman–Crippen LogP) is 16.2. The molecule has 0 atom stereocenters. The number of hydrogen-bond donors (Lipinski definition) is 0. The predicted molar refractivity (Wildman–Crippen MR) is 295 cm³/mol. The molecule has 0 amide bonds. The maximum absolute atomic E-state index is 6.91. The van der Waals surface area contributed by atoms with E-state index in [2.05, 4.69) is 265 Å². The van der Waals surface area contributed by atoms with E-state index in [4.69, 9.17) is 14.8 Å². The Kier molecular flexibility index (Phi) is 11.6. The number of nitrogens with zero attached hydrogens (tertiary/aromatic N) is 5. The molecule has 3 heterocycles. The summed E-state index contributed by atoms with van der Waals surface area (Å²) in [6.45, 7) is 18.2. The van der Waals surface area contributed by atoms with Crippen molar-refractivity contribution in [3.63, 3.8) is 0 Å². The van der Waals surface area contributed by atoms with E-state index in [-0.39, 0.29) is 16.2 Å². The molecule has 6 nitrogen and oxygen atoms in total. The van der Waals surface area contributed by atoms with Crippen LogP contribution in [0.15, 0.2) is 212 Å². The third-order valence-corrected chi connectivity index (χ3v) is 14.1. The fourth-order valence-electron chi connectivity index (χ4n) is 9.90. The molecular weight excluding hydrogens is 879 g/mol. The summed E-state index contributed by atoms with van der Waals surface area (Å²) in [4.78, 5) is 5.00. The van der Waals surface area contributed by atoms with Crippen LogP contribution in [0.25, 0.3) is 72.6 Å². The minimum atomic E-state index is -0.235. The first-order valence-electron chi connectivity index (χ1n) is 24.9. The van der Waals surface area contributed by atoms with E-state index in [0.717, 1.165) is 72.6 Å². The largest absolute Gasteiger partial charge is 0.458 e. The molecule has 11 aromatic rings. The number of para-hydroxylation sites is 1. The molecule has 11 rings (SSSR count). The van der Waals surface area contributed by atoms with Crippen molar-refractivity contribution in [3.8, 4) is 62.3 Å². The van der Waals surface area contributed by atoms with Crippen LogP contribution in [-0.4, -0.2) is 19.2 Å². The molecule has 0 aliphatic carbocycles. The fourth-order valence-corrected chi connectivity index (χ4v) is 9.90. The van der Waals surface area contributed by atoms with E-state index in [9.17, 15) is 0 Å². The second-order valence-corrected chi connectivity index (χ2v) is 21.4. The van der Waals surface area contributed by atoms with Crippen LogP contribution in [0.3, 0.4) is 0 Å². The monoisotopic (exact) mass is 937 g/mol. The second kappa shape index (κ2) is 18.1. The van der Waals surface area contributed by atoms with Crippen molar-refractivity contribution in [2.75, 3.05) is 0 Å². The Labute approximate surface area is 423 Å². The van der Waals surface area contributed by atoms with Crippen molar-refractivity contribution in [2.24, 2.45) is 0 Å². The van der Waals surface area contributed by atoms with Crippen LogP contribution in [0.2, 0.25) is 0 Å². The highest BCUT2D eigenvalue weighted by Crippen LogP contribution is 2.42. The van der Waals surface area contributed by atoms with E-state index in [1.54, 1.807) is 0 Å². The molecule has 0 saturated heterocycles. The van der Waals surface area contributed by atoms with Crippen LogP contribution >= 0.6 is 0 Å². The van der Waals surface area contributed by atoms with Crippen molar-refractivity contribution in [1.29, 1.82) is 0 Å². The van der Waals surface area contributed by atoms with Gasteiger partial charge < -0.3 is 4.74 Å². The van der Waals surface area contributed by atoms with Gasteiger partial charge in [-0.15, -0.1) is 5.10 Å². The van der Waals surface area contributed by atoms with Gasteiger partial charge >= 0.3 is 0 Å². The number of rotatable bonds is 10. The zero-order valence-corrected chi connectivity index (χ0v) is 42.4. The minimum Gasteiger partial charge on any atom is -0.458 e. The number of ether oxygens (including phenoxy) is 1. The van der Waals surface area contributed by atoms with E-state index in [1.165, 1.54) is 22.3 Å². The van der Waals surface area contributed by atoms with Crippen molar-refractivity contribution in [1.82, 2.24) is 19.2 Å². The first kappa shape index (κ1) is 46.1. The number of aromatic nitrogens is 5. The second-order valence-electron chi connectivity index (χ2n) is 21.4. The summed E-state index contributed by atoms with van der Waals surface area (Å²) in [5, 5.41) is 7.84. The summed E-state index contributed by atoms with van der Waals surface area (Å²) in [6.07, 6.45) is 5.69. The lowest BCUT2D eigenvalue weighted by molar-refractivity contribution is -0.660. The summed E-state index contributed by atoms with van der Waals surface area (Å²) in [7, 11) is 0. The molecule has 72 heavy (non-hydrogen) atoms. The molecule has 0 radical (unpaired) electrons. The van der Waals surface area contributed by atoms with Crippen LogP contribution in [0.4, 0.5) is 0 Å². The molecule has 354 valence electrons. The van der Waals surface area contributed by atoms with Crippen LogP contribution in [0.5, 0.6) is 11.5 Å². The molecule has 0 bridgehead atoms. The zero-order chi connectivity index (χ0) is 49.8. The smallest absolute Gasteiger partial charge is 0.273 e. The third-order valence-electron chi connectivity index (χ3n) is 14.1. The molecule has 0 N–H and O–H groups in total. The van der Waals surface area contributed by atoms with E-state index in [1.807, 2.05) is 23.0 Å². The van der Waals surface area contributed by atoms with Gasteiger partial charge in [-0.3, -0.25) is 9.13 Å². The highest BCUT2D eigenvalue weighted by atomic mass is 16.5. The molecule has 3 aromatic heterocycles. The Balaban J connectivity index is 1.07. The molecule has 0 fully saturated rings. The Morgan fingerprint density at radius 3 is 1.71 bits per heavy atom. The highest BCUT2D eigenvalue weighted by Gasteiger charge is 2.27. The lowest BCUT2D eigenvalue weighted by atomic mass is 9.78. The number of pyridine rings is 1. The van der Waals surface area contributed by atoms with Gasteiger partial charge in [0.15, 0.2) is 5.82 Å². The number of fused-ring (bicyclic) bond motifs is 3. The van der Waals surface area contributed by atoms with Gasteiger partial charge in [-0.1, -0.05) is 213 Å². The first-order valence-corrected chi connectivity index (χ1v) is 24.9. The van der Waals surface area contributed by atoms with Gasteiger partial charge in [-0.25, -0.2) is 4.98 Å². The standard InChI is InChI=1S/C66H59N5O/c1-64(2,3)49-38-50(65(4,5)6)40-52(39-49)70-44-69(63(68-70)62-55(45-22-12-9-13-23-45)31-21-32-56(62)46-24-14-10-15-25-46)51-28-20-29-53(42-51)72-54-34-35-58-57-30-18-19-33-59(57)71(60(58)43-54)61-41-48(36-37-67-61)66(7,8)47-26-16-11-17-27-47/h9-43H,1-8H3. The summed E-state index contributed by atoms with van der Waals surface area (Å²) < 4.78 is 13.2. The van der Waals surface area contributed by atoms with Crippen LogP contribution in [-0.2, 0) is 16.2 Å². The Morgan fingerprint density at radius 2 is 1.06 bits per heavy atom. The van der Waals surface area contributed by atoms with Gasteiger partial charge in [0.2, 0.25) is 0 Å². The summed E-state index contributed by atoms with van der Waals surface area (Å²) in [6, 6.07) is 72.8. The highest BCUT2D eigenvalue weighted by molar-refractivity contribution is 6.09. The Hall–Kier alpha value is -8.35. The van der Waals surface area contributed by atoms with Gasteiger partial charge in [0, 0.05) is 34.0 Å². The Bertz CT molecular complexity index is 3670. The van der Waals surface area contributed by atoms with Gasteiger partial charge in [0.25, 0.3) is 6.33 Å². The Morgan fingerprint density at radius 1 is 0.472 bits per heavy atom. The average Bonchev–Trinajstić information content (AvgIpc) is 3.99. The first-order chi connectivity index (χ1) is 34.7. The molecule has 0 aliphatic rings. The van der Waals surface area contributed by atoms with Crippen LogP contribution < -0.4 is 9.42 Å². The van der Waals surface area contributed by atoms with Crippen molar-refractivity contribution >= 4 is 21.8 Å². The topological polar surface area (TPSA) is 48.8 Å². The zero-order valence-electron chi connectivity index (χ0n) is 42.4. The SMILES string of the molecule is CC(C)(C)c1cc(-[n+]2[c-]n(-c3cccc(Oc4ccc5c6ccccc6n(-c6cc(C(C)(C)c7ccccc7)ccn6)c5c4)c3)c(-c3c(-c4ccccc4)cccc3-c3ccccc3)n2)cc(C(C)(C)C)c1. The molecule has 0 aliphatic heterocycles.